The van der Waals surface area contributed by atoms with Gasteiger partial charge in [-0.25, -0.2) is 4.79 Å². The van der Waals surface area contributed by atoms with Gasteiger partial charge in [0, 0.05) is 0 Å². The first-order valence-electron chi connectivity index (χ1n) is 7.48. The van der Waals surface area contributed by atoms with Gasteiger partial charge >= 0.3 is 12.1 Å². The van der Waals surface area contributed by atoms with Crippen molar-refractivity contribution < 1.29 is 23.9 Å². The molecule has 0 saturated carbocycles. The molecule has 0 aliphatic rings. The van der Waals surface area contributed by atoms with Crippen molar-refractivity contribution >= 4 is 18.0 Å². The van der Waals surface area contributed by atoms with E-state index >= 15 is 0 Å². The highest BCUT2D eigenvalue weighted by Gasteiger charge is 2.25. The number of esters is 1. The van der Waals surface area contributed by atoms with E-state index in [-0.39, 0.29) is 19.1 Å². The monoisotopic (exact) mass is 316 g/mol. The fourth-order valence-electron chi connectivity index (χ4n) is 1.65. The van der Waals surface area contributed by atoms with Crippen molar-refractivity contribution in [3.63, 3.8) is 0 Å². The number of carbonyl (C=O) groups excluding carboxylic acids is 3. The quantitative estimate of drug-likeness (QED) is 0.696. The number of amides is 2. The summed E-state index contributed by atoms with van der Waals surface area (Å²) in [5, 5.41) is 4.99. The second-order valence-corrected chi connectivity index (χ2v) is 6.35. The number of rotatable bonds is 7. The molecular formula is C15H28N2O5. The second kappa shape index (κ2) is 9.27. The summed E-state index contributed by atoms with van der Waals surface area (Å²) < 4.78 is 9.88. The minimum absolute atomic E-state index is 0.188. The molecule has 0 rings (SSSR count). The number of ether oxygens (including phenoxy) is 2. The van der Waals surface area contributed by atoms with Crippen LogP contribution in [-0.4, -0.2) is 42.8 Å². The van der Waals surface area contributed by atoms with Crippen molar-refractivity contribution in [2.24, 2.45) is 5.92 Å². The van der Waals surface area contributed by atoms with E-state index in [0.29, 0.717) is 6.42 Å². The van der Waals surface area contributed by atoms with E-state index in [2.05, 4.69) is 10.6 Å². The van der Waals surface area contributed by atoms with E-state index in [4.69, 9.17) is 9.47 Å². The largest absolute Gasteiger partial charge is 0.465 e. The summed E-state index contributed by atoms with van der Waals surface area (Å²) in [6, 6.07) is -0.760. The van der Waals surface area contributed by atoms with Gasteiger partial charge in [-0.2, -0.15) is 0 Å². The Labute approximate surface area is 132 Å². The molecule has 7 heteroatoms. The van der Waals surface area contributed by atoms with Gasteiger partial charge in [-0.3, -0.25) is 9.59 Å². The van der Waals surface area contributed by atoms with Crippen LogP contribution in [0.1, 0.15) is 48.0 Å². The lowest BCUT2D eigenvalue weighted by molar-refractivity contribution is -0.143. The average molecular weight is 316 g/mol. The van der Waals surface area contributed by atoms with Gasteiger partial charge < -0.3 is 20.1 Å². The predicted octanol–water partition coefficient (Wildman–Crippen LogP) is 1.61. The van der Waals surface area contributed by atoms with E-state index in [1.54, 1.807) is 27.7 Å². The molecule has 0 spiro atoms. The van der Waals surface area contributed by atoms with Gasteiger partial charge in [0.25, 0.3) is 0 Å². The molecule has 0 aromatic heterocycles. The van der Waals surface area contributed by atoms with Crippen LogP contribution in [0, 0.1) is 5.92 Å². The van der Waals surface area contributed by atoms with Crippen molar-refractivity contribution in [2.45, 2.75) is 59.6 Å². The first-order chi connectivity index (χ1) is 10.0. The molecule has 7 nitrogen and oxygen atoms in total. The number of alkyl carbamates (subject to hydrolysis) is 1. The third kappa shape index (κ3) is 10.0. The first-order valence-corrected chi connectivity index (χ1v) is 7.48. The van der Waals surface area contributed by atoms with E-state index in [1.165, 1.54) is 0 Å². The van der Waals surface area contributed by atoms with Crippen LogP contribution < -0.4 is 10.6 Å². The molecule has 1 atom stereocenters. The number of nitrogens with one attached hydrogen (secondary N) is 2. The summed E-state index contributed by atoms with van der Waals surface area (Å²) >= 11 is 0. The lowest BCUT2D eigenvalue weighted by Crippen LogP contribution is -2.49. The molecule has 22 heavy (non-hydrogen) atoms. The highest BCUT2D eigenvalue weighted by molar-refractivity contribution is 5.88. The van der Waals surface area contributed by atoms with Gasteiger partial charge in [0.15, 0.2) is 0 Å². The topological polar surface area (TPSA) is 93.7 Å². The van der Waals surface area contributed by atoms with Crippen LogP contribution in [0.15, 0.2) is 0 Å². The maximum absolute atomic E-state index is 12.1. The van der Waals surface area contributed by atoms with Crippen molar-refractivity contribution in [1.29, 1.82) is 0 Å². The second-order valence-electron chi connectivity index (χ2n) is 6.35. The lowest BCUT2D eigenvalue weighted by atomic mass is 10.0. The van der Waals surface area contributed by atoms with Gasteiger partial charge in [0.1, 0.15) is 18.2 Å². The molecule has 128 valence electrons. The van der Waals surface area contributed by atoms with Crippen LogP contribution in [-0.2, 0) is 19.1 Å². The number of hydrogen-bond donors (Lipinski definition) is 2. The Morgan fingerprint density at radius 1 is 1.14 bits per heavy atom. The predicted molar refractivity (Wildman–Crippen MR) is 82.3 cm³/mol. The Bertz CT molecular complexity index is 388. The molecule has 0 bridgehead atoms. The third-order valence-electron chi connectivity index (χ3n) is 2.43. The number of hydrogen-bond acceptors (Lipinski definition) is 5. The zero-order valence-corrected chi connectivity index (χ0v) is 14.3. The first kappa shape index (κ1) is 20.2. The van der Waals surface area contributed by atoms with Gasteiger partial charge in [0.05, 0.1) is 6.61 Å². The van der Waals surface area contributed by atoms with Gasteiger partial charge in [-0.1, -0.05) is 13.8 Å². The highest BCUT2D eigenvalue weighted by Crippen LogP contribution is 2.09. The minimum Gasteiger partial charge on any atom is -0.465 e. The molecule has 0 fully saturated rings. The van der Waals surface area contributed by atoms with E-state index < -0.39 is 29.6 Å². The Morgan fingerprint density at radius 2 is 1.73 bits per heavy atom. The van der Waals surface area contributed by atoms with Crippen molar-refractivity contribution in [3.05, 3.63) is 0 Å². The van der Waals surface area contributed by atoms with E-state index in [1.807, 2.05) is 13.8 Å². The summed E-state index contributed by atoms with van der Waals surface area (Å²) in [7, 11) is 0. The zero-order chi connectivity index (χ0) is 17.3. The summed E-state index contributed by atoms with van der Waals surface area (Å²) in [5.41, 5.74) is -0.645. The molecule has 1 unspecified atom stereocenters. The normalized spacial score (nSPS) is 12.5. The van der Waals surface area contributed by atoms with Crippen LogP contribution in [0.2, 0.25) is 0 Å². The van der Waals surface area contributed by atoms with E-state index in [0.717, 1.165) is 0 Å². The van der Waals surface area contributed by atoms with Gasteiger partial charge in [-0.15, -0.1) is 0 Å². The SMILES string of the molecule is CCOC(=O)CNC(=O)C(CC(C)C)NC(=O)OC(C)(C)C. The summed E-state index contributed by atoms with van der Waals surface area (Å²) in [5.74, 6) is -0.766. The molecule has 0 aliphatic carbocycles. The standard InChI is InChI=1S/C15H28N2O5/c1-7-21-12(18)9-16-13(19)11(8-10(2)3)17-14(20)22-15(4,5)6/h10-11H,7-9H2,1-6H3,(H,16,19)(H,17,20). The zero-order valence-electron chi connectivity index (χ0n) is 14.3. The van der Waals surface area contributed by atoms with Crippen LogP contribution in [0.25, 0.3) is 0 Å². The van der Waals surface area contributed by atoms with Gasteiger partial charge in [-0.05, 0) is 40.0 Å². The molecule has 2 N–H and O–H groups in total. The summed E-state index contributed by atoms with van der Waals surface area (Å²) in [6.07, 6.45) is -0.224. The summed E-state index contributed by atoms with van der Waals surface area (Å²) in [4.78, 5) is 35.1. The molecule has 0 aromatic rings. The van der Waals surface area contributed by atoms with Crippen LogP contribution in [0.5, 0.6) is 0 Å². The smallest absolute Gasteiger partial charge is 0.408 e. The Morgan fingerprint density at radius 3 is 2.18 bits per heavy atom. The Hall–Kier alpha value is -1.79. The maximum atomic E-state index is 12.1. The molecule has 0 aliphatic heterocycles. The Balaban J connectivity index is 4.58. The summed E-state index contributed by atoms with van der Waals surface area (Å²) in [6.45, 7) is 10.8. The molecule has 0 saturated heterocycles. The van der Waals surface area contributed by atoms with Crippen molar-refractivity contribution in [3.8, 4) is 0 Å². The average Bonchev–Trinajstić information content (AvgIpc) is 2.32. The van der Waals surface area contributed by atoms with Crippen molar-refractivity contribution in [1.82, 2.24) is 10.6 Å². The maximum Gasteiger partial charge on any atom is 0.408 e. The molecule has 0 aromatic carbocycles. The van der Waals surface area contributed by atoms with E-state index in [9.17, 15) is 14.4 Å². The Kier molecular flexibility index (Phi) is 8.52. The van der Waals surface area contributed by atoms with Crippen molar-refractivity contribution in [2.75, 3.05) is 13.2 Å². The lowest BCUT2D eigenvalue weighted by Gasteiger charge is -2.24. The van der Waals surface area contributed by atoms with Crippen LogP contribution in [0.4, 0.5) is 4.79 Å². The molecule has 2 amide bonds. The molecular weight excluding hydrogens is 288 g/mol. The third-order valence-corrected chi connectivity index (χ3v) is 2.43. The van der Waals surface area contributed by atoms with Crippen LogP contribution >= 0.6 is 0 Å². The fraction of sp³-hybridized carbons (Fsp3) is 0.800. The van der Waals surface area contributed by atoms with Gasteiger partial charge in [0.2, 0.25) is 5.91 Å². The van der Waals surface area contributed by atoms with Crippen LogP contribution in [0.3, 0.4) is 0 Å². The fourth-order valence-corrected chi connectivity index (χ4v) is 1.65. The number of carbonyl (C=O) groups is 3. The molecule has 0 radical (unpaired) electrons. The highest BCUT2D eigenvalue weighted by atomic mass is 16.6. The molecule has 0 heterocycles. The minimum atomic E-state index is -0.760.